The molecule has 0 aliphatic carbocycles. The third-order valence-electron chi connectivity index (χ3n) is 3.61. The minimum absolute atomic E-state index is 0.0603. The zero-order valence-corrected chi connectivity index (χ0v) is 15.4. The summed E-state index contributed by atoms with van der Waals surface area (Å²) >= 11 is 0. The van der Waals surface area contributed by atoms with Crippen LogP contribution >= 0.6 is 0 Å². The first-order chi connectivity index (χ1) is 11.9. The minimum atomic E-state index is -0.287. The van der Waals surface area contributed by atoms with Crippen molar-refractivity contribution in [2.45, 2.75) is 46.4 Å². The second-order valence-corrected chi connectivity index (χ2v) is 5.98. The predicted octanol–water partition coefficient (Wildman–Crippen LogP) is 3.58. The molecular formula is C18H26N4O3. The van der Waals surface area contributed by atoms with Crippen LogP contribution in [0.3, 0.4) is 0 Å². The van der Waals surface area contributed by atoms with E-state index in [1.54, 1.807) is 24.2 Å². The number of methoxy groups -OCH3 is 1. The van der Waals surface area contributed by atoms with Gasteiger partial charge in [-0.15, -0.1) is 0 Å². The molecule has 2 amide bonds. The van der Waals surface area contributed by atoms with E-state index in [1.165, 1.54) is 0 Å². The van der Waals surface area contributed by atoms with E-state index in [1.807, 2.05) is 45.9 Å². The molecular weight excluding hydrogens is 320 g/mol. The number of nitrogens with one attached hydrogen (secondary N) is 2. The topological polar surface area (TPSA) is 77.4 Å². The van der Waals surface area contributed by atoms with Gasteiger partial charge in [-0.05, 0) is 45.4 Å². The van der Waals surface area contributed by atoms with Crippen molar-refractivity contribution in [1.82, 2.24) is 15.1 Å². The summed E-state index contributed by atoms with van der Waals surface area (Å²) in [5.41, 5.74) is 1.58. The minimum Gasteiger partial charge on any atom is -0.493 e. The van der Waals surface area contributed by atoms with Crippen molar-refractivity contribution in [3.8, 4) is 11.5 Å². The number of carbonyl (C=O) groups excluding carboxylic acids is 1. The van der Waals surface area contributed by atoms with Crippen LogP contribution in [0, 0.1) is 0 Å². The number of amides is 2. The molecule has 25 heavy (non-hydrogen) atoms. The molecule has 0 saturated carbocycles. The molecule has 0 spiro atoms. The van der Waals surface area contributed by atoms with Crippen molar-refractivity contribution < 1.29 is 14.3 Å². The van der Waals surface area contributed by atoms with E-state index >= 15 is 0 Å². The molecule has 2 rings (SSSR count). The molecule has 0 radical (unpaired) electrons. The number of urea groups is 1. The van der Waals surface area contributed by atoms with Crippen molar-refractivity contribution in [2.24, 2.45) is 0 Å². The number of aryl methyl sites for hydroxylation is 1. The van der Waals surface area contributed by atoms with Crippen LogP contribution in [0.5, 0.6) is 11.5 Å². The highest BCUT2D eigenvalue weighted by atomic mass is 16.5. The summed E-state index contributed by atoms with van der Waals surface area (Å²) in [6.45, 7) is 8.57. The lowest BCUT2D eigenvalue weighted by Crippen LogP contribution is -2.31. The van der Waals surface area contributed by atoms with Gasteiger partial charge in [-0.3, -0.25) is 4.68 Å². The van der Waals surface area contributed by atoms with Crippen LogP contribution in [-0.4, -0.2) is 29.0 Å². The summed E-state index contributed by atoms with van der Waals surface area (Å²) in [7, 11) is 1.60. The summed E-state index contributed by atoms with van der Waals surface area (Å²) in [6.07, 6.45) is 3.46. The molecule has 1 aromatic carbocycles. The Kier molecular flexibility index (Phi) is 6.27. The number of benzene rings is 1. The number of aromatic nitrogens is 2. The number of anilines is 1. The van der Waals surface area contributed by atoms with E-state index in [0.717, 1.165) is 12.1 Å². The van der Waals surface area contributed by atoms with E-state index in [0.29, 0.717) is 17.2 Å². The van der Waals surface area contributed by atoms with Gasteiger partial charge >= 0.3 is 6.03 Å². The first kappa shape index (κ1) is 18.6. The quantitative estimate of drug-likeness (QED) is 0.803. The SMILES string of the molecule is CCn1cc(NC(=O)NC(C)c2ccc(OC(C)C)c(OC)c2)cn1. The van der Waals surface area contributed by atoms with E-state index in [-0.39, 0.29) is 18.2 Å². The van der Waals surface area contributed by atoms with Crippen molar-refractivity contribution in [2.75, 3.05) is 12.4 Å². The number of nitrogens with zero attached hydrogens (tertiary/aromatic N) is 2. The number of rotatable bonds is 7. The predicted molar refractivity (Wildman–Crippen MR) is 97.2 cm³/mol. The van der Waals surface area contributed by atoms with Gasteiger partial charge in [0.1, 0.15) is 0 Å². The Morgan fingerprint density at radius 1 is 1.28 bits per heavy atom. The first-order valence-corrected chi connectivity index (χ1v) is 8.37. The van der Waals surface area contributed by atoms with Crippen LogP contribution < -0.4 is 20.1 Å². The summed E-state index contributed by atoms with van der Waals surface area (Å²) in [4.78, 5) is 12.1. The normalized spacial score (nSPS) is 11.9. The maximum Gasteiger partial charge on any atom is 0.319 e. The van der Waals surface area contributed by atoms with Crippen LogP contribution in [0.1, 0.15) is 39.3 Å². The Balaban J connectivity index is 2.01. The molecule has 2 N–H and O–H groups in total. The zero-order chi connectivity index (χ0) is 18.4. The van der Waals surface area contributed by atoms with Crippen molar-refractivity contribution in [3.63, 3.8) is 0 Å². The van der Waals surface area contributed by atoms with Gasteiger partial charge in [-0.25, -0.2) is 4.79 Å². The molecule has 1 aromatic heterocycles. The Labute approximate surface area is 148 Å². The van der Waals surface area contributed by atoms with Crippen molar-refractivity contribution in [1.29, 1.82) is 0 Å². The lowest BCUT2D eigenvalue weighted by Gasteiger charge is -2.18. The third kappa shape index (κ3) is 5.14. The monoisotopic (exact) mass is 346 g/mol. The molecule has 7 nitrogen and oxygen atoms in total. The Hall–Kier alpha value is -2.70. The average molecular weight is 346 g/mol. The van der Waals surface area contributed by atoms with Crippen LogP contribution in [0.4, 0.5) is 10.5 Å². The molecule has 1 atom stereocenters. The largest absolute Gasteiger partial charge is 0.493 e. The van der Waals surface area contributed by atoms with Crippen LogP contribution in [-0.2, 0) is 6.54 Å². The third-order valence-corrected chi connectivity index (χ3v) is 3.61. The molecule has 0 saturated heterocycles. The van der Waals surface area contributed by atoms with Crippen molar-refractivity contribution in [3.05, 3.63) is 36.2 Å². The zero-order valence-electron chi connectivity index (χ0n) is 15.4. The molecule has 7 heteroatoms. The van der Waals surface area contributed by atoms with Crippen LogP contribution in [0.15, 0.2) is 30.6 Å². The first-order valence-electron chi connectivity index (χ1n) is 8.37. The lowest BCUT2D eigenvalue weighted by molar-refractivity contribution is 0.230. The molecule has 1 heterocycles. The number of hydrogen-bond donors (Lipinski definition) is 2. The second-order valence-electron chi connectivity index (χ2n) is 5.98. The fourth-order valence-electron chi connectivity index (χ4n) is 2.35. The Morgan fingerprint density at radius 3 is 2.64 bits per heavy atom. The highest BCUT2D eigenvalue weighted by Gasteiger charge is 2.14. The van der Waals surface area contributed by atoms with Gasteiger partial charge in [0, 0.05) is 12.7 Å². The standard InChI is InChI=1S/C18H26N4O3/c1-6-22-11-15(10-19-22)21-18(23)20-13(4)14-7-8-16(25-12(2)3)17(9-14)24-5/h7-13H,6H2,1-5H3,(H2,20,21,23). The van der Waals surface area contributed by atoms with E-state index < -0.39 is 0 Å². The number of ether oxygens (including phenoxy) is 2. The van der Waals surface area contributed by atoms with Crippen LogP contribution in [0.2, 0.25) is 0 Å². The Bertz CT molecular complexity index is 712. The summed E-state index contributed by atoms with van der Waals surface area (Å²) in [5.74, 6) is 1.33. The number of carbonyl (C=O) groups is 1. The lowest BCUT2D eigenvalue weighted by atomic mass is 10.1. The maximum absolute atomic E-state index is 12.1. The fraction of sp³-hybridized carbons (Fsp3) is 0.444. The molecule has 1 unspecified atom stereocenters. The molecule has 0 aliphatic rings. The van der Waals surface area contributed by atoms with Crippen molar-refractivity contribution >= 4 is 11.7 Å². The highest BCUT2D eigenvalue weighted by Crippen LogP contribution is 2.31. The summed E-state index contributed by atoms with van der Waals surface area (Å²) < 4.78 is 12.8. The fourth-order valence-corrected chi connectivity index (χ4v) is 2.35. The maximum atomic E-state index is 12.1. The van der Waals surface area contributed by atoms with Gasteiger partial charge in [0.25, 0.3) is 0 Å². The van der Waals surface area contributed by atoms with E-state index in [9.17, 15) is 4.79 Å². The molecule has 0 fully saturated rings. The number of hydrogen-bond acceptors (Lipinski definition) is 4. The highest BCUT2D eigenvalue weighted by molar-refractivity contribution is 5.89. The van der Waals surface area contributed by atoms with Gasteiger partial charge in [0.05, 0.1) is 31.1 Å². The van der Waals surface area contributed by atoms with Gasteiger partial charge < -0.3 is 20.1 Å². The summed E-state index contributed by atoms with van der Waals surface area (Å²) in [6, 6.07) is 5.17. The average Bonchev–Trinajstić information content (AvgIpc) is 3.01. The van der Waals surface area contributed by atoms with Gasteiger partial charge in [-0.2, -0.15) is 5.10 Å². The van der Waals surface area contributed by atoms with Gasteiger partial charge in [0.15, 0.2) is 11.5 Å². The van der Waals surface area contributed by atoms with Gasteiger partial charge in [-0.1, -0.05) is 6.07 Å². The molecule has 2 aromatic rings. The van der Waals surface area contributed by atoms with Crippen LogP contribution in [0.25, 0.3) is 0 Å². The molecule has 0 bridgehead atoms. The Morgan fingerprint density at radius 2 is 2.04 bits per heavy atom. The second kappa shape index (κ2) is 8.41. The van der Waals surface area contributed by atoms with E-state index in [4.69, 9.17) is 9.47 Å². The summed E-state index contributed by atoms with van der Waals surface area (Å²) in [5, 5.41) is 9.80. The van der Waals surface area contributed by atoms with Gasteiger partial charge in [0.2, 0.25) is 0 Å². The molecule has 136 valence electrons. The molecule has 0 aliphatic heterocycles. The van der Waals surface area contributed by atoms with E-state index in [2.05, 4.69) is 15.7 Å². The smallest absolute Gasteiger partial charge is 0.319 e.